The number of ether oxygens (including phenoxy) is 2. The number of rotatable bonds is 11. The number of anilines is 4. The molecule has 1 heterocycles. The van der Waals surface area contributed by atoms with Crippen molar-refractivity contribution in [2.24, 2.45) is 0 Å². The Hall–Kier alpha value is -3.63. The van der Waals surface area contributed by atoms with Crippen molar-refractivity contribution in [1.82, 2.24) is 14.9 Å². The van der Waals surface area contributed by atoms with Crippen LogP contribution in [0, 0.1) is 0 Å². The van der Waals surface area contributed by atoms with Crippen LogP contribution >= 0.6 is 11.6 Å². The van der Waals surface area contributed by atoms with E-state index in [1.807, 2.05) is 19.0 Å². The second-order valence-corrected chi connectivity index (χ2v) is 8.31. The molecule has 0 radical (unpaired) electrons. The molecule has 35 heavy (non-hydrogen) atoms. The van der Waals surface area contributed by atoms with Crippen molar-refractivity contribution in [3.63, 3.8) is 0 Å². The Morgan fingerprint density at radius 1 is 1.20 bits per heavy atom. The Balaban J connectivity index is 1.84. The highest BCUT2D eigenvalue weighted by Crippen LogP contribution is 2.38. The van der Waals surface area contributed by atoms with Crippen molar-refractivity contribution in [1.29, 1.82) is 0 Å². The van der Waals surface area contributed by atoms with E-state index in [9.17, 15) is 9.18 Å². The molecule has 0 saturated carbocycles. The molecule has 1 amide bonds. The number of methoxy groups -OCH3 is 1. The van der Waals surface area contributed by atoms with Gasteiger partial charge in [0.2, 0.25) is 5.91 Å². The second-order valence-electron chi connectivity index (χ2n) is 7.80. The summed E-state index contributed by atoms with van der Waals surface area (Å²) in [7, 11) is 5.41. The number of halogens is 2. The van der Waals surface area contributed by atoms with Gasteiger partial charge < -0.3 is 30.3 Å². The number of hydrogen-bond donors (Lipinski definition) is 3. The lowest BCUT2D eigenvalue weighted by molar-refractivity contribution is -0.111. The Bertz CT molecular complexity index is 1120. The molecule has 3 rings (SSSR count). The molecule has 1 aromatic carbocycles. The predicted octanol–water partition coefficient (Wildman–Crippen LogP) is 4.10. The molecule has 186 valence electrons. The lowest BCUT2D eigenvalue weighted by Crippen LogP contribution is -2.20. The number of amides is 1. The van der Waals surface area contributed by atoms with Gasteiger partial charge in [-0.15, -0.1) is 11.6 Å². The minimum absolute atomic E-state index is 0.381. The molecule has 1 aliphatic carbocycles. The van der Waals surface area contributed by atoms with Crippen LogP contribution in [-0.4, -0.2) is 66.7 Å². The molecule has 0 saturated heterocycles. The van der Waals surface area contributed by atoms with Gasteiger partial charge in [0.1, 0.15) is 42.2 Å². The number of alkyl halides is 2. The molecule has 1 aliphatic rings. The van der Waals surface area contributed by atoms with Crippen LogP contribution < -0.4 is 25.4 Å². The summed E-state index contributed by atoms with van der Waals surface area (Å²) < 4.78 is 25.0. The first-order valence-electron chi connectivity index (χ1n) is 10.8. The minimum Gasteiger partial charge on any atom is -0.494 e. The fourth-order valence-corrected chi connectivity index (χ4v) is 3.27. The van der Waals surface area contributed by atoms with Crippen molar-refractivity contribution in [3.8, 4) is 11.5 Å². The van der Waals surface area contributed by atoms with Crippen LogP contribution in [0.1, 0.15) is 0 Å². The molecule has 0 bridgehead atoms. The molecule has 2 unspecified atom stereocenters. The number of hydrogen-bond acceptors (Lipinski definition) is 8. The lowest BCUT2D eigenvalue weighted by atomic mass is 10.1. The Labute approximate surface area is 208 Å². The molecule has 1 aromatic heterocycles. The zero-order valence-corrected chi connectivity index (χ0v) is 20.5. The summed E-state index contributed by atoms with van der Waals surface area (Å²) in [6.07, 6.45) is 5.88. The van der Waals surface area contributed by atoms with Crippen LogP contribution in [0.15, 0.2) is 61.1 Å². The number of likely N-dealkylation sites (N-methyl/N-ethyl adjacent to an activating group) is 1. The maximum Gasteiger partial charge on any atom is 0.247 e. The second kappa shape index (κ2) is 12.2. The number of nitrogens with one attached hydrogen (secondary N) is 3. The van der Waals surface area contributed by atoms with E-state index >= 15 is 0 Å². The molecular weight excluding hydrogens is 475 g/mol. The number of benzene rings is 1. The van der Waals surface area contributed by atoms with Crippen molar-refractivity contribution >= 4 is 40.5 Å². The zero-order chi connectivity index (χ0) is 25.4. The average Bonchev–Trinajstić information content (AvgIpc) is 2.82. The molecular formula is C24H28ClFN6O3. The van der Waals surface area contributed by atoms with E-state index in [0.717, 1.165) is 0 Å². The maximum atomic E-state index is 13.6. The summed E-state index contributed by atoms with van der Waals surface area (Å²) in [5.74, 6) is 1.48. The molecule has 0 spiro atoms. The molecule has 11 heteroatoms. The van der Waals surface area contributed by atoms with E-state index < -0.39 is 11.5 Å². The monoisotopic (exact) mass is 502 g/mol. The zero-order valence-electron chi connectivity index (χ0n) is 19.7. The molecule has 9 nitrogen and oxygen atoms in total. The van der Waals surface area contributed by atoms with E-state index in [1.54, 1.807) is 30.4 Å². The molecule has 0 fully saturated rings. The summed E-state index contributed by atoms with van der Waals surface area (Å²) in [6, 6.07) is 5.04. The van der Waals surface area contributed by atoms with Crippen molar-refractivity contribution in [2.75, 3.05) is 50.3 Å². The quantitative estimate of drug-likeness (QED) is 0.312. The van der Waals surface area contributed by atoms with Gasteiger partial charge in [0, 0.05) is 24.4 Å². The van der Waals surface area contributed by atoms with Crippen LogP contribution in [0.2, 0.25) is 0 Å². The standard InChI is InChI=1S/C24H28ClFN6O3/c1-5-24(33)31-19-11-18(20(34-4)12-21(19)35-9-8-32(2)3)30-23-13-22(27-14-28-23)29-15-6-7-17(26)16(25)10-15/h5-7,10-14,16-17H,1,8-9H2,2-4H3,(H,31,33)(H2,27,28,29,30). The molecule has 2 aromatic rings. The van der Waals surface area contributed by atoms with Crippen molar-refractivity contribution in [3.05, 3.63) is 61.1 Å². The highest BCUT2D eigenvalue weighted by molar-refractivity contribution is 6.22. The molecule has 3 N–H and O–H groups in total. The SMILES string of the molecule is C=CC(=O)Nc1cc(Nc2cc(NC3=CC(Cl)C(F)C=C3)ncn2)c(OC)cc1OCCN(C)C. The van der Waals surface area contributed by atoms with E-state index in [4.69, 9.17) is 21.1 Å². The topological polar surface area (TPSA) is 101 Å². The summed E-state index contributed by atoms with van der Waals surface area (Å²) in [5.41, 5.74) is 1.60. The summed E-state index contributed by atoms with van der Waals surface area (Å²) >= 11 is 5.97. The fourth-order valence-electron chi connectivity index (χ4n) is 3.05. The van der Waals surface area contributed by atoms with Crippen LogP contribution in [0.4, 0.5) is 27.4 Å². The van der Waals surface area contributed by atoms with Crippen molar-refractivity contribution < 1.29 is 18.7 Å². The Morgan fingerprint density at radius 2 is 1.94 bits per heavy atom. The van der Waals surface area contributed by atoms with Crippen molar-refractivity contribution in [2.45, 2.75) is 11.5 Å². The van der Waals surface area contributed by atoms with Crippen LogP contribution in [0.3, 0.4) is 0 Å². The third kappa shape index (κ3) is 7.43. The van der Waals surface area contributed by atoms with Gasteiger partial charge in [-0.1, -0.05) is 6.58 Å². The van der Waals surface area contributed by atoms with Crippen LogP contribution in [-0.2, 0) is 4.79 Å². The van der Waals surface area contributed by atoms with Gasteiger partial charge in [-0.05, 0) is 44.5 Å². The van der Waals surface area contributed by atoms with Gasteiger partial charge in [-0.2, -0.15) is 0 Å². The largest absolute Gasteiger partial charge is 0.494 e. The third-order valence-electron chi connectivity index (χ3n) is 4.85. The van der Waals surface area contributed by atoms with Crippen LogP contribution in [0.5, 0.6) is 11.5 Å². The predicted molar refractivity (Wildman–Crippen MR) is 137 cm³/mol. The van der Waals surface area contributed by atoms with E-state index in [0.29, 0.717) is 53.4 Å². The highest BCUT2D eigenvalue weighted by Gasteiger charge is 2.18. The van der Waals surface area contributed by atoms with Gasteiger partial charge in [-0.3, -0.25) is 4.79 Å². The normalized spacial score (nSPS) is 16.9. The fraction of sp³-hybridized carbons (Fsp3) is 0.292. The molecule has 2 atom stereocenters. The number of carbonyl (C=O) groups is 1. The average molecular weight is 503 g/mol. The van der Waals surface area contributed by atoms with E-state index in [2.05, 4.69) is 32.5 Å². The van der Waals surface area contributed by atoms with Gasteiger partial charge in [0.15, 0.2) is 0 Å². The first-order valence-corrected chi connectivity index (χ1v) is 11.2. The van der Waals surface area contributed by atoms with Gasteiger partial charge in [-0.25, -0.2) is 14.4 Å². The highest BCUT2D eigenvalue weighted by atomic mass is 35.5. The first kappa shape index (κ1) is 26.0. The summed E-state index contributed by atoms with van der Waals surface area (Å²) in [6.45, 7) is 4.60. The number of allylic oxidation sites excluding steroid dienone is 3. The maximum absolute atomic E-state index is 13.6. The smallest absolute Gasteiger partial charge is 0.247 e. The van der Waals surface area contributed by atoms with Gasteiger partial charge in [0.25, 0.3) is 0 Å². The number of nitrogens with zero attached hydrogens (tertiary/aromatic N) is 3. The summed E-state index contributed by atoms with van der Waals surface area (Å²) in [5, 5.41) is 8.25. The van der Waals surface area contributed by atoms with E-state index in [-0.39, 0.29) is 5.91 Å². The van der Waals surface area contributed by atoms with Gasteiger partial charge in [0.05, 0.1) is 23.9 Å². The minimum atomic E-state index is -1.23. The third-order valence-corrected chi connectivity index (χ3v) is 5.21. The number of carbonyl (C=O) groups excluding carboxylic acids is 1. The van der Waals surface area contributed by atoms with Gasteiger partial charge >= 0.3 is 0 Å². The van der Waals surface area contributed by atoms with E-state index in [1.165, 1.54) is 25.6 Å². The number of aromatic nitrogens is 2. The Kier molecular flexibility index (Phi) is 9.04. The van der Waals surface area contributed by atoms with Crippen LogP contribution in [0.25, 0.3) is 0 Å². The Morgan fingerprint density at radius 3 is 2.60 bits per heavy atom. The molecule has 0 aliphatic heterocycles. The first-order chi connectivity index (χ1) is 16.8. The summed E-state index contributed by atoms with van der Waals surface area (Å²) in [4.78, 5) is 22.4. The lowest BCUT2D eigenvalue weighted by Gasteiger charge is -2.19.